The molecule has 2 N–H and O–H groups in total. The van der Waals surface area contributed by atoms with Gasteiger partial charge in [0.25, 0.3) is 0 Å². The monoisotopic (exact) mass is 456 g/mol. The Morgan fingerprint density at radius 1 is 1.12 bits per heavy atom. The van der Waals surface area contributed by atoms with Gasteiger partial charge in [0.05, 0.1) is 4.90 Å². The van der Waals surface area contributed by atoms with Gasteiger partial charge >= 0.3 is 6.09 Å². The van der Waals surface area contributed by atoms with Crippen molar-refractivity contribution < 1.29 is 17.9 Å². The van der Waals surface area contributed by atoms with Crippen molar-refractivity contribution in [2.24, 2.45) is 0 Å². The molecule has 1 amide bonds. The molecule has 1 saturated heterocycles. The van der Waals surface area contributed by atoms with Crippen molar-refractivity contribution in [2.45, 2.75) is 50.2 Å². The van der Waals surface area contributed by atoms with E-state index in [0.29, 0.717) is 25.9 Å². The molecule has 1 heterocycles. The molecule has 1 aromatic rings. The Balaban J connectivity index is 2.07. The summed E-state index contributed by atoms with van der Waals surface area (Å²) in [7, 11) is -3.88. The lowest BCUT2D eigenvalue weighted by molar-refractivity contribution is 0.0203. The van der Waals surface area contributed by atoms with E-state index in [0.717, 1.165) is 0 Å². The largest absolute Gasteiger partial charge is 0.444 e. The first-order valence-electron chi connectivity index (χ1n) is 9.81. The Hall–Kier alpha value is -3.59. The molecule has 0 spiro atoms. The molecule has 2 rings (SSSR count). The smallest absolute Gasteiger partial charge is 0.410 e. The van der Waals surface area contributed by atoms with E-state index in [1.165, 1.54) is 24.3 Å². The van der Waals surface area contributed by atoms with Gasteiger partial charge in [0.2, 0.25) is 10.0 Å². The number of rotatable bonds is 5. The minimum atomic E-state index is -3.88. The second kappa shape index (κ2) is 10.1. The topological polar surface area (TPSA) is 159 Å². The van der Waals surface area contributed by atoms with E-state index in [1.807, 2.05) is 0 Å². The van der Waals surface area contributed by atoms with Crippen LogP contribution in [0.5, 0.6) is 0 Å². The average molecular weight is 457 g/mol. The van der Waals surface area contributed by atoms with Crippen molar-refractivity contribution >= 4 is 21.8 Å². The quantitative estimate of drug-likeness (QED) is 0.640. The number of anilines is 1. The number of nitrogens with zero attached hydrogens (tertiary/aromatic N) is 4. The van der Waals surface area contributed by atoms with Gasteiger partial charge in [-0.3, -0.25) is 0 Å². The van der Waals surface area contributed by atoms with E-state index in [-0.39, 0.29) is 22.3 Å². The van der Waals surface area contributed by atoms with Crippen LogP contribution in [0.15, 0.2) is 40.4 Å². The van der Waals surface area contributed by atoms with Gasteiger partial charge in [0.1, 0.15) is 29.5 Å². The van der Waals surface area contributed by atoms with Crippen molar-refractivity contribution in [2.75, 3.05) is 18.4 Å². The van der Waals surface area contributed by atoms with Crippen LogP contribution in [0.3, 0.4) is 0 Å². The molecule has 32 heavy (non-hydrogen) atoms. The molecule has 10 nitrogen and oxygen atoms in total. The number of amides is 1. The Morgan fingerprint density at radius 3 is 2.28 bits per heavy atom. The molecule has 0 bridgehead atoms. The van der Waals surface area contributed by atoms with Crippen LogP contribution in [0.25, 0.3) is 0 Å². The van der Waals surface area contributed by atoms with E-state index in [2.05, 4.69) is 10.0 Å². The van der Waals surface area contributed by atoms with E-state index < -0.39 is 27.3 Å². The maximum atomic E-state index is 12.8. The predicted octanol–water partition coefficient (Wildman–Crippen LogP) is 2.60. The highest BCUT2D eigenvalue weighted by Crippen LogP contribution is 2.21. The van der Waals surface area contributed by atoms with E-state index in [1.54, 1.807) is 43.9 Å². The number of allylic oxidation sites excluding steroid dienone is 2. The third-order valence-electron chi connectivity index (χ3n) is 4.47. The highest BCUT2D eigenvalue weighted by molar-refractivity contribution is 7.89. The second-order valence-electron chi connectivity index (χ2n) is 8.10. The van der Waals surface area contributed by atoms with Gasteiger partial charge in [-0.2, -0.15) is 15.8 Å². The third-order valence-corrected chi connectivity index (χ3v) is 5.99. The molecule has 0 radical (unpaired) electrons. The maximum absolute atomic E-state index is 12.8. The van der Waals surface area contributed by atoms with Crippen molar-refractivity contribution in [1.82, 2.24) is 9.62 Å². The summed E-state index contributed by atoms with van der Waals surface area (Å²) in [5.41, 5.74) is -1.04. The van der Waals surface area contributed by atoms with Crippen LogP contribution >= 0.6 is 0 Å². The summed E-state index contributed by atoms with van der Waals surface area (Å²) in [6.45, 7) is 6.08. The first-order valence-corrected chi connectivity index (χ1v) is 11.3. The first kappa shape index (κ1) is 24.7. The summed E-state index contributed by atoms with van der Waals surface area (Å²) in [5.74, 6) is 0. The van der Waals surface area contributed by atoms with Gasteiger partial charge in [0.15, 0.2) is 5.57 Å². The molecule has 11 heteroatoms. The van der Waals surface area contributed by atoms with E-state index >= 15 is 0 Å². The van der Waals surface area contributed by atoms with Gasteiger partial charge in [-0.15, -0.1) is 0 Å². The minimum Gasteiger partial charge on any atom is -0.444 e. The summed E-state index contributed by atoms with van der Waals surface area (Å²) in [6.07, 6.45) is 0.449. The lowest BCUT2D eigenvalue weighted by atomic mass is 10.1. The summed E-state index contributed by atoms with van der Waals surface area (Å²) >= 11 is 0. The average Bonchev–Trinajstić information content (AvgIpc) is 2.73. The number of piperidine rings is 1. The molecule has 1 aromatic carbocycles. The van der Waals surface area contributed by atoms with Crippen LogP contribution in [0.2, 0.25) is 0 Å². The number of ether oxygens (including phenoxy) is 1. The molecule has 168 valence electrons. The Kier molecular flexibility index (Phi) is 7.82. The van der Waals surface area contributed by atoms with Gasteiger partial charge in [-0.1, -0.05) is 6.07 Å². The molecule has 0 unspecified atom stereocenters. The number of hydrogen-bond acceptors (Lipinski definition) is 8. The summed E-state index contributed by atoms with van der Waals surface area (Å²) < 4.78 is 33.6. The fraction of sp³-hybridized carbons (Fsp3) is 0.429. The molecule has 1 aliphatic heterocycles. The number of hydrogen-bond donors (Lipinski definition) is 2. The number of sulfonamides is 1. The fourth-order valence-electron chi connectivity index (χ4n) is 2.96. The van der Waals surface area contributed by atoms with Gasteiger partial charge in [-0.05, 0) is 51.8 Å². The zero-order valence-corrected chi connectivity index (χ0v) is 18.9. The Morgan fingerprint density at radius 2 is 1.75 bits per heavy atom. The normalized spacial score (nSPS) is 14.4. The van der Waals surface area contributed by atoms with Crippen molar-refractivity contribution in [3.05, 3.63) is 35.5 Å². The number of nitriles is 3. The predicted molar refractivity (Wildman–Crippen MR) is 115 cm³/mol. The Labute approximate surface area is 187 Å². The molecule has 0 aliphatic carbocycles. The lowest BCUT2D eigenvalue weighted by Gasteiger charge is -2.33. The first-order chi connectivity index (χ1) is 15.0. The molecule has 0 saturated carbocycles. The van der Waals surface area contributed by atoms with E-state index in [4.69, 9.17) is 20.5 Å². The van der Waals surface area contributed by atoms with Crippen LogP contribution in [-0.4, -0.2) is 44.1 Å². The SMILES string of the molecule is CC(C)(C)OC(=O)N1CCC(NS(=O)(=O)c2cccc(NC(C#N)=C(C#N)C#N)c2)CC1. The number of carbonyl (C=O) groups is 1. The highest BCUT2D eigenvalue weighted by Gasteiger charge is 2.29. The highest BCUT2D eigenvalue weighted by atomic mass is 32.2. The van der Waals surface area contributed by atoms with E-state index in [9.17, 15) is 13.2 Å². The van der Waals surface area contributed by atoms with Gasteiger partial charge < -0.3 is 15.0 Å². The standard InChI is InChI=1S/C21H24N6O4S/c1-21(2,3)31-20(28)27-9-7-16(8-10-27)26-32(29,30)18-6-4-5-17(11-18)25-19(14-24)15(12-22)13-23/h4-6,11,16,25-26H,7-10H2,1-3H3. The summed E-state index contributed by atoms with van der Waals surface area (Å²) in [5, 5.41) is 29.6. The molecule has 1 aliphatic rings. The number of carbonyl (C=O) groups excluding carboxylic acids is 1. The van der Waals surface area contributed by atoms with Gasteiger partial charge in [0, 0.05) is 24.8 Å². The number of likely N-dealkylation sites (tertiary alicyclic amines) is 1. The van der Waals surface area contributed by atoms with Crippen LogP contribution < -0.4 is 10.0 Å². The zero-order valence-electron chi connectivity index (χ0n) is 18.0. The van der Waals surface area contributed by atoms with Crippen molar-refractivity contribution in [3.8, 4) is 18.2 Å². The maximum Gasteiger partial charge on any atom is 0.410 e. The molecule has 0 aromatic heterocycles. The third kappa shape index (κ3) is 6.71. The molecule has 1 fully saturated rings. The molecular formula is C21H24N6O4S. The lowest BCUT2D eigenvalue weighted by Crippen LogP contribution is -2.47. The second-order valence-corrected chi connectivity index (χ2v) is 9.82. The van der Waals surface area contributed by atoms with Crippen molar-refractivity contribution in [3.63, 3.8) is 0 Å². The zero-order chi connectivity index (χ0) is 23.9. The van der Waals surface area contributed by atoms with Crippen LogP contribution in [0, 0.1) is 34.0 Å². The van der Waals surface area contributed by atoms with Crippen LogP contribution in [0.4, 0.5) is 10.5 Å². The number of benzene rings is 1. The number of nitrogens with one attached hydrogen (secondary N) is 2. The fourth-order valence-corrected chi connectivity index (χ4v) is 4.31. The Bertz CT molecular complexity index is 1110. The van der Waals surface area contributed by atoms with Crippen molar-refractivity contribution in [1.29, 1.82) is 15.8 Å². The molecular weight excluding hydrogens is 432 g/mol. The summed E-state index contributed by atoms with van der Waals surface area (Å²) in [6, 6.07) is 10.3. The van der Waals surface area contributed by atoms with Crippen LogP contribution in [0.1, 0.15) is 33.6 Å². The van der Waals surface area contributed by atoms with Crippen LogP contribution in [-0.2, 0) is 14.8 Å². The van der Waals surface area contributed by atoms with Gasteiger partial charge in [-0.25, -0.2) is 17.9 Å². The summed E-state index contributed by atoms with van der Waals surface area (Å²) in [4.78, 5) is 13.7. The molecule has 0 atom stereocenters. The minimum absolute atomic E-state index is 0.0372.